The zero-order valence-electron chi connectivity index (χ0n) is 22.2. The monoisotopic (exact) mass is 434 g/mol. The molecule has 0 aliphatic heterocycles. The first-order valence-corrected chi connectivity index (χ1v) is 13.9. The fraction of sp³-hybridized carbons (Fsp3) is 0.625. The van der Waals surface area contributed by atoms with E-state index in [-0.39, 0.29) is 0 Å². The third-order valence-electron chi connectivity index (χ3n) is 6.95. The third-order valence-corrected chi connectivity index (χ3v) is 6.95. The van der Waals surface area contributed by atoms with Crippen LogP contribution in [0.5, 0.6) is 0 Å². The molecule has 0 fully saturated rings. The Bertz CT molecular complexity index is 742. The van der Waals surface area contributed by atoms with Gasteiger partial charge in [-0.3, -0.25) is 0 Å². The molecule has 0 aromatic heterocycles. The number of rotatable bonds is 15. The van der Waals surface area contributed by atoms with Gasteiger partial charge in [0.05, 0.1) is 0 Å². The molecule has 2 rings (SSSR count). The van der Waals surface area contributed by atoms with Crippen LogP contribution in [-0.4, -0.2) is 0 Å². The summed E-state index contributed by atoms with van der Waals surface area (Å²) >= 11 is 0. The van der Waals surface area contributed by atoms with Crippen LogP contribution >= 0.6 is 0 Å². The van der Waals surface area contributed by atoms with Gasteiger partial charge in [-0.15, -0.1) is 0 Å². The molecular weight excluding hydrogens is 384 g/mol. The molecule has 0 nitrogen and oxygen atoms in total. The third kappa shape index (κ3) is 6.97. The molecule has 0 spiro atoms. The molecule has 0 heterocycles. The van der Waals surface area contributed by atoms with Crippen molar-refractivity contribution in [2.24, 2.45) is 0 Å². The maximum Gasteiger partial charge on any atom is -0.0232 e. The Hall–Kier alpha value is -1.56. The van der Waals surface area contributed by atoms with E-state index in [2.05, 4.69) is 65.8 Å². The Kier molecular flexibility index (Phi) is 12.1. The predicted octanol–water partition coefficient (Wildman–Crippen LogP) is 9.19. The SMILES string of the molecule is CCCc1ccc(CCC)c(CCc2c(CCC)ccc(CCC)c2CCC)c1CCC. The van der Waals surface area contributed by atoms with Crippen LogP contribution in [-0.2, 0) is 51.4 Å². The average molecular weight is 435 g/mol. The van der Waals surface area contributed by atoms with Crippen molar-refractivity contribution in [3.8, 4) is 0 Å². The van der Waals surface area contributed by atoms with Crippen LogP contribution in [0.1, 0.15) is 125 Å². The highest BCUT2D eigenvalue weighted by atomic mass is 14.2. The van der Waals surface area contributed by atoms with Crippen molar-refractivity contribution >= 4 is 0 Å². The van der Waals surface area contributed by atoms with Crippen molar-refractivity contribution in [2.75, 3.05) is 0 Å². The second-order valence-corrected chi connectivity index (χ2v) is 9.68. The van der Waals surface area contributed by atoms with E-state index in [9.17, 15) is 0 Å². The summed E-state index contributed by atoms with van der Waals surface area (Å²) in [7, 11) is 0. The summed E-state index contributed by atoms with van der Waals surface area (Å²) < 4.78 is 0. The summed E-state index contributed by atoms with van der Waals surface area (Å²) in [6, 6.07) is 9.85. The molecule has 0 amide bonds. The van der Waals surface area contributed by atoms with Crippen LogP contribution in [0.4, 0.5) is 0 Å². The molecule has 0 radical (unpaired) electrons. The Balaban J connectivity index is 2.53. The van der Waals surface area contributed by atoms with Gasteiger partial charge in [-0.25, -0.2) is 0 Å². The summed E-state index contributed by atoms with van der Waals surface area (Å²) in [4.78, 5) is 0. The smallest absolute Gasteiger partial charge is 0.0232 e. The zero-order chi connectivity index (χ0) is 23.3. The van der Waals surface area contributed by atoms with E-state index in [4.69, 9.17) is 0 Å². The van der Waals surface area contributed by atoms with E-state index in [0.29, 0.717) is 0 Å². The van der Waals surface area contributed by atoms with Crippen molar-refractivity contribution in [3.05, 3.63) is 68.8 Å². The predicted molar refractivity (Wildman–Crippen MR) is 144 cm³/mol. The summed E-state index contributed by atoms with van der Waals surface area (Å²) in [5.74, 6) is 0. The summed E-state index contributed by atoms with van der Waals surface area (Å²) in [5, 5.41) is 0. The standard InChI is InChI=1S/C32H50/c1-7-13-25-19-21-27(15-9-3)31(29(25)17-11-5)23-24-32-28(16-10-4)22-20-26(14-8-2)30(32)18-12-6/h19-22H,7-18,23-24H2,1-6H3. The van der Waals surface area contributed by atoms with Crippen molar-refractivity contribution < 1.29 is 0 Å². The lowest BCUT2D eigenvalue weighted by Crippen LogP contribution is -2.10. The van der Waals surface area contributed by atoms with Crippen LogP contribution in [0.3, 0.4) is 0 Å². The highest BCUT2D eigenvalue weighted by Gasteiger charge is 2.16. The molecule has 0 N–H and O–H groups in total. The second kappa shape index (κ2) is 14.6. The fourth-order valence-corrected chi connectivity index (χ4v) is 5.59. The van der Waals surface area contributed by atoms with Crippen molar-refractivity contribution in [1.82, 2.24) is 0 Å². The molecule has 0 heteroatoms. The Morgan fingerprint density at radius 1 is 0.312 bits per heavy atom. The van der Waals surface area contributed by atoms with E-state index in [1.54, 1.807) is 44.5 Å². The zero-order valence-corrected chi connectivity index (χ0v) is 22.2. The summed E-state index contributed by atoms with van der Waals surface area (Å²) in [5.41, 5.74) is 13.3. The lowest BCUT2D eigenvalue weighted by molar-refractivity contribution is 0.784. The van der Waals surface area contributed by atoms with Crippen molar-refractivity contribution in [2.45, 2.75) is 131 Å². The summed E-state index contributed by atoms with van der Waals surface area (Å²) in [6.45, 7) is 14.0. The number of hydrogen-bond donors (Lipinski definition) is 0. The molecule has 0 saturated heterocycles. The Morgan fingerprint density at radius 2 is 0.531 bits per heavy atom. The molecule has 0 unspecified atom stereocenters. The Labute approximate surface area is 200 Å². The molecule has 0 aliphatic carbocycles. The maximum atomic E-state index is 2.47. The molecule has 0 atom stereocenters. The van der Waals surface area contributed by atoms with Gasteiger partial charge in [0, 0.05) is 0 Å². The largest absolute Gasteiger partial charge is 0.0651 e. The van der Waals surface area contributed by atoms with Gasteiger partial charge in [-0.1, -0.05) is 104 Å². The number of hydrogen-bond acceptors (Lipinski definition) is 0. The van der Waals surface area contributed by atoms with Crippen LogP contribution in [0.25, 0.3) is 0 Å². The highest BCUT2D eigenvalue weighted by Crippen LogP contribution is 2.29. The van der Waals surface area contributed by atoms with Crippen LogP contribution < -0.4 is 0 Å². The summed E-state index contributed by atoms with van der Waals surface area (Å²) in [6.07, 6.45) is 17.2. The van der Waals surface area contributed by atoms with Gasteiger partial charge in [-0.2, -0.15) is 0 Å². The van der Waals surface area contributed by atoms with Gasteiger partial charge in [0.2, 0.25) is 0 Å². The maximum absolute atomic E-state index is 2.47. The van der Waals surface area contributed by atoms with E-state index in [1.165, 1.54) is 89.9 Å². The first-order chi connectivity index (χ1) is 15.6. The number of benzene rings is 2. The van der Waals surface area contributed by atoms with Crippen LogP contribution in [0, 0.1) is 0 Å². The van der Waals surface area contributed by atoms with Crippen molar-refractivity contribution in [3.63, 3.8) is 0 Å². The van der Waals surface area contributed by atoms with Gasteiger partial charge in [-0.05, 0) is 95.9 Å². The normalized spacial score (nSPS) is 11.3. The molecule has 178 valence electrons. The first-order valence-electron chi connectivity index (χ1n) is 13.9. The van der Waals surface area contributed by atoms with Gasteiger partial charge in [0.25, 0.3) is 0 Å². The van der Waals surface area contributed by atoms with E-state index in [1.807, 2.05) is 0 Å². The molecular formula is C32H50. The minimum atomic E-state index is 1.21. The molecule has 2 aromatic rings. The molecule has 0 saturated carbocycles. The molecule has 2 aromatic carbocycles. The van der Waals surface area contributed by atoms with Crippen LogP contribution in [0.15, 0.2) is 24.3 Å². The molecule has 0 aliphatic rings. The van der Waals surface area contributed by atoms with Crippen molar-refractivity contribution in [1.29, 1.82) is 0 Å². The fourth-order valence-electron chi connectivity index (χ4n) is 5.59. The lowest BCUT2D eigenvalue weighted by atomic mass is 9.83. The number of aryl methyl sites for hydroxylation is 4. The van der Waals surface area contributed by atoms with Gasteiger partial charge >= 0.3 is 0 Å². The van der Waals surface area contributed by atoms with Gasteiger partial charge in [0.15, 0.2) is 0 Å². The first kappa shape index (κ1) is 26.7. The minimum absolute atomic E-state index is 1.21. The highest BCUT2D eigenvalue weighted by molar-refractivity contribution is 5.45. The van der Waals surface area contributed by atoms with E-state index in [0.717, 1.165) is 0 Å². The molecule has 0 bridgehead atoms. The Morgan fingerprint density at radius 3 is 0.750 bits per heavy atom. The lowest BCUT2D eigenvalue weighted by Gasteiger charge is -2.22. The molecule has 32 heavy (non-hydrogen) atoms. The van der Waals surface area contributed by atoms with Gasteiger partial charge in [0.1, 0.15) is 0 Å². The average Bonchev–Trinajstić information content (AvgIpc) is 2.78. The van der Waals surface area contributed by atoms with E-state index >= 15 is 0 Å². The van der Waals surface area contributed by atoms with E-state index < -0.39 is 0 Å². The topological polar surface area (TPSA) is 0 Å². The van der Waals surface area contributed by atoms with Crippen LogP contribution in [0.2, 0.25) is 0 Å². The van der Waals surface area contributed by atoms with Gasteiger partial charge < -0.3 is 0 Å². The second-order valence-electron chi connectivity index (χ2n) is 9.68. The minimum Gasteiger partial charge on any atom is -0.0651 e. The quantitative estimate of drug-likeness (QED) is 0.262.